The molecule has 1 N–H and O–H groups in total. The van der Waals surface area contributed by atoms with Crippen LogP contribution in [-0.4, -0.2) is 41.8 Å². The zero-order valence-corrected chi connectivity index (χ0v) is 13.0. The van der Waals surface area contributed by atoms with Gasteiger partial charge in [-0.3, -0.25) is 9.59 Å². The first kappa shape index (κ1) is 15.7. The third kappa shape index (κ3) is 2.50. The Hall–Kier alpha value is -1.20. The van der Waals surface area contributed by atoms with Crippen LogP contribution in [-0.2, 0) is 9.59 Å². The number of nitrogens with zero attached hydrogens (tertiary/aromatic N) is 1. The molecular formula is C16H24F2N2O2. The summed E-state index contributed by atoms with van der Waals surface area (Å²) in [5.41, 5.74) is -0.658. The predicted octanol–water partition coefficient (Wildman–Crippen LogP) is 2.33. The summed E-state index contributed by atoms with van der Waals surface area (Å²) in [5.74, 6) is -2.72. The van der Waals surface area contributed by atoms with Crippen LogP contribution in [0.3, 0.4) is 0 Å². The van der Waals surface area contributed by atoms with Gasteiger partial charge >= 0.3 is 0 Å². The Balaban J connectivity index is 1.78. The largest absolute Gasteiger partial charge is 0.354 e. The lowest BCUT2D eigenvalue weighted by Crippen LogP contribution is -2.55. The number of hydrogen-bond acceptors (Lipinski definition) is 2. The molecule has 0 aromatic rings. The van der Waals surface area contributed by atoms with Crippen molar-refractivity contribution in [3.8, 4) is 0 Å². The molecule has 6 heteroatoms. The van der Waals surface area contributed by atoms with Crippen LogP contribution in [0.25, 0.3) is 0 Å². The van der Waals surface area contributed by atoms with Crippen molar-refractivity contribution < 1.29 is 18.4 Å². The maximum atomic E-state index is 13.5. The molecule has 0 unspecified atom stereocenters. The van der Waals surface area contributed by atoms with Crippen LogP contribution in [0.4, 0.5) is 8.78 Å². The van der Waals surface area contributed by atoms with E-state index in [1.54, 1.807) is 0 Å². The van der Waals surface area contributed by atoms with Gasteiger partial charge in [0.15, 0.2) is 0 Å². The lowest BCUT2D eigenvalue weighted by Gasteiger charge is -2.45. The number of rotatable bonds is 2. The number of halogens is 2. The van der Waals surface area contributed by atoms with Crippen LogP contribution in [0, 0.1) is 11.3 Å². The molecule has 2 atom stereocenters. The lowest BCUT2D eigenvalue weighted by atomic mass is 9.69. The number of carbonyl (C=O) groups excluding carboxylic acids is 2. The average Bonchev–Trinajstić information content (AvgIpc) is 2.89. The molecule has 1 aliphatic carbocycles. The molecule has 22 heavy (non-hydrogen) atoms. The van der Waals surface area contributed by atoms with Crippen LogP contribution in [0.1, 0.15) is 51.9 Å². The lowest BCUT2D eigenvalue weighted by molar-refractivity contribution is -0.155. The highest BCUT2D eigenvalue weighted by Crippen LogP contribution is 2.47. The van der Waals surface area contributed by atoms with Gasteiger partial charge in [0.1, 0.15) is 0 Å². The summed E-state index contributed by atoms with van der Waals surface area (Å²) in [5, 5.41) is 2.84. The van der Waals surface area contributed by atoms with E-state index in [1.807, 2.05) is 11.8 Å². The molecule has 3 fully saturated rings. The van der Waals surface area contributed by atoms with Gasteiger partial charge in [-0.15, -0.1) is 0 Å². The van der Waals surface area contributed by atoms with E-state index in [2.05, 4.69) is 5.32 Å². The van der Waals surface area contributed by atoms with Gasteiger partial charge in [0.25, 0.3) is 0 Å². The second-order valence-corrected chi connectivity index (χ2v) is 7.05. The quantitative estimate of drug-likeness (QED) is 0.850. The second-order valence-electron chi connectivity index (χ2n) is 7.05. The Bertz CT molecular complexity index is 471. The van der Waals surface area contributed by atoms with E-state index >= 15 is 0 Å². The Labute approximate surface area is 129 Å². The zero-order valence-electron chi connectivity index (χ0n) is 13.0. The van der Waals surface area contributed by atoms with E-state index in [-0.39, 0.29) is 49.5 Å². The van der Waals surface area contributed by atoms with Crippen LogP contribution >= 0.6 is 0 Å². The minimum atomic E-state index is -2.63. The Morgan fingerprint density at radius 2 is 2.00 bits per heavy atom. The van der Waals surface area contributed by atoms with Crippen molar-refractivity contribution >= 4 is 11.8 Å². The van der Waals surface area contributed by atoms with E-state index in [9.17, 15) is 18.4 Å². The minimum Gasteiger partial charge on any atom is -0.354 e. The molecule has 124 valence electrons. The van der Waals surface area contributed by atoms with Gasteiger partial charge in [0, 0.05) is 31.3 Å². The number of hydrogen-bond donors (Lipinski definition) is 1. The summed E-state index contributed by atoms with van der Waals surface area (Å²) in [7, 11) is 0. The molecule has 2 saturated heterocycles. The third-order valence-electron chi connectivity index (χ3n) is 5.93. The van der Waals surface area contributed by atoms with Crippen molar-refractivity contribution in [2.24, 2.45) is 11.3 Å². The molecule has 2 heterocycles. The zero-order chi connectivity index (χ0) is 16.0. The average molecular weight is 314 g/mol. The van der Waals surface area contributed by atoms with Crippen molar-refractivity contribution in [1.82, 2.24) is 10.2 Å². The number of carbonyl (C=O) groups is 2. The monoisotopic (exact) mass is 314 g/mol. The Kier molecular flexibility index (Phi) is 3.89. The van der Waals surface area contributed by atoms with Crippen LogP contribution in [0.5, 0.6) is 0 Å². The number of nitrogens with one attached hydrogen (secondary N) is 1. The van der Waals surface area contributed by atoms with Gasteiger partial charge in [-0.2, -0.15) is 0 Å². The van der Waals surface area contributed by atoms with Crippen molar-refractivity contribution in [2.45, 2.75) is 63.8 Å². The molecule has 0 aromatic heterocycles. The molecule has 2 aliphatic heterocycles. The number of likely N-dealkylation sites (tertiary alicyclic amines) is 1. The summed E-state index contributed by atoms with van der Waals surface area (Å²) in [6.45, 7) is 3.07. The van der Waals surface area contributed by atoms with Gasteiger partial charge in [-0.1, -0.05) is 6.92 Å². The van der Waals surface area contributed by atoms with E-state index in [1.165, 1.54) is 0 Å². The smallest absolute Gasteiger partial charge is 0.248 e. The summed E-state index contributed by atoms with van der Waals surface area (Å²) in [4.78, 5) is 26.8. The fraction of sp³-hybridized carbons (Fsp3) is 0.875. The first-order valence-electron chi connectivity index (χ1n) is 8.35. The van der Waals surface area contributed by atoms with Gasteiger partial charge in [-0.25, -0.2) is 8.78 Å². The summed E-state index contributed by atoms with van der Waals surface area (Å²) in [6.07, 6.45) is 2.33. The topological polar surface area (TPSA) is 49.4 Å². The molecule has 0 bridgehead atoms. The minimum absolute atomic E-state index is 0.00306. The summed E-state index contributed by atoms with van der Waals surface area (Å²) < 4.78 is 27.0. The highest BCUT2D eigenvalue weighted by Gasteiger charge is 2.51. The van der Waals surface area contributed by atoms with Gasteiger partial charge in [0.2, 0.25) is 17.7 Å². The van der Waals surface area contributed by atoms with Crippen molar-refractivity contribution in [1.29, 1.82) is 0 Å². The maximum absolute atomic E-state index is 13.5. The predicted molar refractivity (Wildman–Crippen MR) is 77.4 cm³/mol. The highest BCUT2D eigenvalue weighted by atomic mass is 19.3. The Morgan fingerprint density at radius 3 is 2.64 bits per heavy atom. The van der Waals surface area contributed by atoms with Crippen LogP contribution in [0.2, 0.25) is 0 Å². The first-order chi connectivity index (χ1) is 10.4. The van der Waals surface area contributed by atoms with Crippen LogP contribution in [0.15, 0.2) is 0 Å². The van der Waals surface area contributed by atoms with Gasteiger partial charge < -0.3 is 10.2 Å². The van der Waals surface area contributed by atoms with Crippen molar-refractivity contribution in [3.63, 3.8) is 0 Å². The van der Waals surface area contributed by atoms with Gasteiger partial charge in [-0.05, 0) is 32.1 Å². The molecular weight excluding hydrogens is 290 g/mol. The normalized spacial score (nSPS) is 33.2. The maximum Gasteiger partial charge on any atom is 0.248 e. The molecule has 0 spiro atoms. The second kappa shape index (κ2) is 5.46. The number of amides is 2. The van der Waals surface area contributed by atoms with E-state index in [4.69, 9.17) is 0 Å². The van der Waals surface area contributed by atoms with Crippen molar-refractivity contribution in [2.75, 3.05) is 13.1 Å². The van der Waals surface area contributed by atoms with E-state index in [0.717, 1.165) is 12.8 Å². The standard InChI is InChI=1S/C16H24F2N2O2/c1-2-15(5-7-16(17,18)8-6-15)14(22)20-9-3-4-11-12(20)10-19-13(11)21/h11-12H,2-10H2,1H3,(H,19,21)/t11-,12-/m1/s1. The highest BCUT2D eigenvalue weighted by molar-refractivity contribution is 5.87. The molecule has 4 nitrogen and oxygen atoms in total. The van der Waals surface area contributed by atoms with Crippen molar-refractivity contribution in [3.05, 3.63) is 0 Å². The summed E-state index contributed by atoms with van der Waals surface area (Å²) in [6, 6.07) is -0.0837. The fourth-order valence-corrected chi connectivity index (χ4v) is 4.32. The van der Waals surface area contributed by atoms with E-state index in [0.29, 0.717) is 19.5 Å². The van der Waals surface area contributed by atoms with Gasteiger partial charge in [0.05, 0.1) is 12.0 Å². The first-order valence-corrected chi connectivity index (χ1v) is 8.35. The molecule has 3 aliphatic rings. The third-order valence-corrected chi connectivity index (χ3v) is 5.93. The molecule has 0 aromatic carbocycles. The fourth-order valence-electron chi connectivity index (χ4n) is 4.32. The molecule has 3 rings (SSSR count). The number of piperidine rings is 1. The molecule has 0 radical (unpaired) electrons. The van der Waals surface area contributed by atoms with Crippen LogP contribution < -0.4 is 5.32 Å². The van der Waals surface area contributed by atoms with E-state index < -0.39 is 11.3 Å². The Morgan fingerprint density at radius 1 is 1.32 bits per heavy atom. The number of alkyl halides is 2. The molecule has 1 saturated carbocycles. The SMILES string of the molecule is CCC1(C(=O)N2CCC[C@H]3C(=O)NC[C@H]32)CCC(F)(F)CC1. The number of fused-ring (bicyclic) bond motifs is 1. The summed E-state index contributed by atoms with van der Waals surface area (Å²) >= 11 is 0. The molecule has 2 amide bonds.